The molecule has 5 heteroatoms. The van der Waals surface area contributed by atoms with Gasteiger partial charge in [-0.25, -0.2) is 4.79 Å². The van der Waals surface area contributed by atoms with Gasteiger partial charge in [-0.15, -0.1) is 0 Å². The Morgan fingerprint density at radius 1 is 1.32 bits per heavy atom. The van der Waals surface area contributed by atoms with Crippen molar-refractivity contribution < 1.29 is 19.4 Å². The van der Waals surface area contributed by atoms with Crippen molar-refractivity contribution in [1.29, 1.82) is 0 Å². The van der Waals surface area contributed by atoms with E-state index in [2.05, 4.69) is 15.9 Å². The van der Waals surface area contributed by atoms with E-state index in [4.69, 9.17) is 9.52 Å². The fourth-order valence-corrected chi connectivity index (χ4v) is 2.24. The van der Waals surface area contributed by atoms with Crippen LogP contribution in [-0.4, -0.2) is 16.2 Å². The van der Waals surface area contributed by atoms with Crippen molar-refractivity contribution in [3.05, 3.63) is 58.0 Å². The number of aromatic carboxylic acids is 1. The van der Waals surface area contributed by atoms with Gasteiger partial charge in [-0.05, 0) is 30.7 Å². The van der Waals surface area contributed by atoms with Crippen LogP contribution >= 0.6 is 15.9 Å². The van der Waals surface area contributed by atoms with Crippen molar-refractivity contribution in [3.63, 3.8) is 0 Å². The predicted octanol–water partition coefficient (Wildman–Crippen LogP) is 3.19. The van der Waals surface area contributed by atoms with Gasteiger partial charge in [-0.1, -0.05) is 28.1 Å². The zero-order valence-corrected chi connectivity index (χ0v) is 11.8. The summed E-state index contributed by atoms with van der Waals surface area (Å²) in [6, 6.07) is 8.80. The van der Waals surface area contributed by atoms with Crippen molar-refractivity contribution in [2.24, 2.45) is 0 Å². The van der Waals surface area contributed by atoms with E-state index in [1.807, 2.05) is 24.3 Å². The molecule has 2 rings (SSSR count). The SMILES string of the molecule is CC(O)(Cc1ccc(Br)cc1)c1occc1C(=O)O. The topological polar surface area (TPSA) is 70.7 Å². The monoisotopic (exact) mass is 324 g/mol. The molecule has 4 nitrogen and oxygen atoms in total. The highest BCUT2D eigenvalue weighted by molar-refractivity contribution is 9.10. The van der Waals surface area contributed by atoms with Crippen LogP contribution in [0.25, 0.3) is 0 Å². The third-order valence-corrected chi connectivity index (χ3v) is 3.38. The molecule has 1 unspecified atom stereocenters. The van der Waals surface area contributed by atoms with Gasteiger partial charge in [-0.3, -0.25) is 0 Å². The lowest BCUT2D eigenvalue weighted by molar-refractivity contribution is 0.0311. The molecule has 1 aromatic heterocycles. The van der Waals surface area contributed by atoms with Crippen LogP contribution in [0.2, 0.25) is 0 Å². The van der Waals surface area contributed by atoms with E-state index >= 15 is 0 Å². The second-order valence-electron chi connectivity index (χ2n) is 4.55. The lowest BCUT2D eigenvalue weighted by Crippen LogP contribution is -2.26. The summed E-state index contributed by atoms with van der Waals surface area (Å²) in [7, 11) is 0. The molecule has 0 bridgehead atoms. The lowest BCUT2D eigenvalue weighted by atomic mass is 9.92. The van der Waals surface area contributed by atoms with Crippen molar-refractivity contribution in [3.8, 4) is 0 Å². The van der Waals surface area contributed by atoms with E-state index in [0.29, 0.717) is 0 Å². The largest absolute Gasteiger partial charge is 0.478 e. The van der Waals surface area contributed by atoms with Crippen molar-refractivity contribution in [2.45, 2.75) is 18.9 Å². The van der Waals surface area contributed by atoms with Gasteiger partial charge in [0.15, 0.2) is 0 Å². The quantitative estimate of drug-likeness (QED) is 0.906. The summed E-state index contributed by atoms with van der Waals surface area (Å²) in [5.74, 6) is -1.04. The van der Waals surface area contributed by atoms with Crippen LogP contribution in [0.3, 0.4) is 0 Å². The molecule has 0 aliphatic heterocycles. The molecule has 0 saturated heterocycles. The Balaban J connectivity index is 2.29. The lowest BCUT2D eigenvalue weighted by Gasteiger charge is -2.21. The summed E-state index contributed by atoms with van der Waals surface area (Å²) >= 11 is 3.34. The number of hydrogen-bond donors (Lipinski definition) is 2. The number of hydrogen-bond acceptors (Lipinski definition) is 3. The van der Waals surface area contributed by atoms with Crippen LogP contribution < -0.4 is 0 Å². The average Bonchev–Trinajstić information content (AvgIpc) is 2.82. The van der Waals surface area contributed by atoms with E-state index in [0.717, 1.165) is 10.0 Å². The fourth-order valence-electron chi connectivity index (χ4n) is 1.97. The minimum Gasteiger partial charge on any atom is -0.478 e. The Labute approximate surface area is 118 Å². The highest BCUT2D eigenvalue weighted by Crippen LogP contribution is 2.29. The number of rotatable bonds is 4. The normalized spacial score (nSPS) is 14.1. The van der Waals surface area contributed by atoms with Gasteiger partial charge in [0.1, 0.15) is 16.9 Å². The molecule has 0 radical (unpaired) electrons. The molecule has 0 aliphatic rings. The van der Waals surface area contributed by atoms with Crippen LogP contribution in [0.5, 0.6) is 0 Å². The zero-order valence-electron chi connectivity index (χ0n) is 10.3. The summed E-state index contributed by atoms with van der Waals surface area (Å²) in [4.78, 5) is 11.0. The molecular weight excluding hydrogens is 312 g/mol. The van der Waals surface area contributed by atoms with E-state index in [9.17, 15) is 9.90 Å². The van der Waals surface area contributed by atoms with Gasteiger partial charge in [-0.2, -0.15) is 0 Å². The third kappa shape index (κ3) is 3.05. The molecular formula is C14H13BrO4. The van der Waals surface area contributed by atoms with Crippen LogP contribution in [-0.2, 0) is 12.0 Å². The number of carboxylic acid groups (broad SMARTS) is 1. The van der Waals surface area contributed by atoms with Gasteiger partial charge in [0.25, 0.3) is 0 Å². The summed E-state index contributed by atoms with van der Waals surface area (Å²) < 4.78 is 6.09. The molecule has 2 aromatic rings. The van der Waals surface area contributed by atoms with Crippen LogP contribution in [0.15, 0.2) is 45.5 Å². The third-order valence-electron chi connectivity index (χ3n) is 2.85. The van der Waals surface area contributed by atoms with Crippen molar-refractivity contribution >= 4 is 21.9 Å². The maximum atomic E-state index is 11.0. The number of carboxylic acids is 1. The number of aliphatic hydroxyl groups is 1. The highest BCUT2D eigenvalue weighted by atomic mass is 79.9. The Kier molecular flexibility index (Phi) is 3.78. The Hall–Kier alpha value is -1.59. The smallest absolute Gasteiger partial charge is 0.339 e. The number of benzene rings is 1. The van der Waals surface area contributed by atoms with Gasteiger partial charge >= 0.3 is 5.97 Å². The molecule has 0 aliphatic carbocycles. The van der Waals surface area contributed by atoms with E-state index in [1.165, 1.54) is 12.3 Å². The van der Waals surface area contributed by atoms with Crippen LogP contribution in [0.1, 0.15) is 28.6 Å². The first-order chi connectivity index (χ1) is 8.90. The molecule has 1 heterocycles. The van der Waals surface area contributed by atoms with E-state index < -0.39 is 11.6 Å². The molecule has 0 amide bonds. The number of halogens is 1. The average molecular weight is 325 g/mol. The number of furan rings is 1. The van der Waals surface area contributed by atoms with Crippen LogP contribution in [0.4, 0.5) is 0 Å². The standard InChI is InChI=1S/C14H13BrO4/c1-14(18,8-9-2-4-10(15)5-3-9)12-11(13(16)17)6-7-19-12/h2-7,18H,8H2,1H3,(H,16,17). The number of carbonyl (C=O) groups is 1. The molecule has 0 saturated carbocycles. The second-order valence-corrected chi connectivity index (χ2v) is 5.46. The van der Waals surface area contributed by atoms with Gasteiger partial charge in [0, 0.05) is 10.9 Å². The predicted molar refractivity (Wildman–Crippen MR) is 73.1 cm³/mol. The minimum absolute atomic E-state index is 0.0119. The zero-order chi connectivity index (χ0) is 14.0. The van der Waals surface area contributed by atoms with Gasteiger partial charge < -0.3 is 14.6 Å². The molecule has 100 valence electrons. The summed E-state index contributed by atoms with van der Waals surface area (Å²) in [5.41, 5.74) is -0.492. The van der Waals surface area contributed by atoms with E-state index in [1.54, 1.807) is 6.92 Å². The molecule has 0 fully saturated rings. The maximum Gasteiger partial charge on any atom is 0.339 e. The Bertz CT molecular complexity index is 584. The summed E-state index contributed by atoms with van der Waals surface area (Å²) in [6.07, 6.45) is 1.54. The molecule has 1 aromatic carbocycles. The summed E-state index contributed by atoms with van der Waals surface area (Å²) in [6.45, 7) is 1.54. The fraction of sp³-hybridized carbons (Fsp3) is 0.214. The molecule has 19 heavy (non-hydrogen) atoms. The second kappa shape index (κ2) is 5.19. The van der Waals surface area contributed by atoms with Gasteiger partial charge in [0.2, 0.25) is 0 Å². The first-order valence-corrected chi connectivity index (χ1v) is 6.47. The molecule has 0 spiro atoms. The molecule has 2 N–H and O–H groups in total. The first kappa shape index (κ1) is 13.8. The van der Waals surface area contributed by atoms with Crippen LogP contribution in [0, 0.1) is 0 Å². The summed E-state index contributed by atoms with van der Waals surface area (Å²) in [5, 5.41) is 19.5. The van der Waals surface area contributed by atoms with E-state index in [-0.39, 0.29) is 17.7 Å². The minimum atomic E-state index is -1.37. The Morgan fingerprint density at radius 2 is 1.95 bits per heavy atom. The first-order valence-electron chi connectivity index (χ1n) is 5.68. The van der Waals surface area contributed by atoms with Crippen molar-refractivity contribution in [1.82, 2.24) is 0 Å². The van der Waals surface area contributed by atoms with Gasteiger partial charge in [0.05, 0.1) is 6.26 Å². The Morgan fingerprint density at radius 3 is 2.53 bits per heavy atom. The molecule has 1 atom stereocenters. The maximum absolute atomic E-state index is 11.0. The highest BCUT2D eigenvalue weighted by Gasteiger charge is 2.32. The van der Waals surface area contributed by atoms with Crippen molar-refractivity contribution in [2.75, 3.05) is 0 Å².